The maximum Gasteiger partial charge on any atom is 0.191 e. The van der Waals surface area contributed by atoms with Crippen molar-refractivity contribution in [2.45, 2.75) is 44.4 Å². The molecule has 0 aromatic heterocycles. The summed E-state index contributed by atoms with van der Waals surface area (Å²) in [6, 6.07) is 0.366. The molecule has 1 aliphatic rings. The Morgan fingerprint density at radius 3 is 2.37 bits per heavy atom. The summed E-state index contributed by atoms with van der Waals surface area (Å²) in [5, 5.41) is 6.33. The van der Waals surface area contributed by atoms with Gasteiger partial charge in [0.15, 0.2) is 15.8 Å². The summed E-state index contributed by atoms with van der Waals surface area (Å²) in [5.74, 6) is 0.776. The Hall–Kier alpha value is -1.04. The first-order chi connectivity index (χ1) is 8.76. The fourth-order valence-electron chi connectivity index (χ4n) is 1.73. The van der Waals surface area contributed by atoms with E-state index in [1.165, 1.54) is 0 Å². The van der Waals surface area contributed by atoms with Crippen molar-refractivity contribution in [3.8, 4) is 0 Å². The lowest BCUT2D eigenvalue weighted by Crippen LogP contribution is -2.45. The van der Waals surface area contributed by atoms with Crippen LogP contribution in [0.25, 0.3) is 0 Å². The third kappa shape index (κ3) is 4.86. The van der Waals surface area contributed by atoms with Crippen LogP contribution >= 0.6 is 0 Å². The summed E-state index contributed by atoms with van der Waals surface area (Å²) < 4.78 is 23.2. The Bertz CT molecular complexity index is 439. The van der Waals surface area contributed by atoms with Crippen LogP contribution in [0.3, 0.4) is 0 Å². The molecule has 0 fully saturated rings. The van der Waals surface area contributed by atoms with E-state index < -0.39 is 14.6 Å². The van der Waals surface area contributed by atoms with Crippen LogP contribution in [0.5, 0.6) is 0 Å². The van der Waals surface area contributed by atoms with Crippen molar-refractivity contribution in [2.24, 2.45) is 4.99 Å². The van der Waals surface area contributed by atoms with E-state index in [0.29, 0.717) is 18.5 Å². The first-order valence-electron chi connectivity index (χ1n) is 6.61. The van der Waals surface area contributed by atoms with Gasteiger partial charge in [-0.25, -0.2) is 8.42 Å². The molecule has 0 aromatic rings. The van der Waals surface area contributed by atoms with Crippen LogP contribution in [-0.2, 0) is 9.84 Å². The molecule has 0 unspecified atom stereocenters. The van der Waals surface area contributed by atoms with Crippen molar-refractivity contribution in [2.75, 3.05) is 19.3 Å². The summed E-state index contributed by atoms with van der Waals surface area (Å²) in [6.45, 7) is 5.54. The van der Waals surface area contributed by atoms with E-state index in [1.807, 2.05) is 0 Å². The van der Waals surface area contributed by atoms with Gasteiger partial charge in [-0.1, -0.05) is 12.2 Å². The molecule has 0 amide bonds. The van der Waals surface area contributed by atoms with Gasteiger partial charge in [0.2, 0.25) is 0 Å². The van der Waals surface area contributed by atoms with Gasteiger partial charge in [0.25, 0.3) is 0 Å². The smallest absolute Gasteiger partial charge is 0.191 e. The van der Waals surface area contributed by atoms with Gasteiger partial charge in [0, 0.05) is 19.6 Å². The predicted molar refractivity (Wildman–Crippen MR) is 80.2 cm³/mol. The molecule has 0 heterocycles. The van der Waals surface area contributed by atoms with Crippen LogP contribution < -0.4 is 10.6 Å². The molecular formula is C13H25N3O2S. The number of guanidine groups is 1. The summed E-state index contributed by atoms with van der Waals surface area (Å²) in [6.07, 6.45) is 6.24. The van der Waals surface area contributed by atoms with Gasteiger partial charge >= 0.3 is 0 Å². The Morgan fingerprint density at radius 1 is 1.32 bits per heavy atom. The summed E-state index contributed by atoms with van der Waals surface area (Å²) >= 11 is 0. The average molecular weight is 287 g/mol. The largest absolute Gasteiger partial charge is 0.355 e. The normalized spacial score (nSPS) is 17.8. The molecule has 1 aliphatic carbocycles. The molecule has 19 heavy (non-hydrogen) atoms. The standard InChI is InChI=1S/C13H25N3O2S/c1-13(2,3)19(17,18)10-9-15-12(14-4)16-11-7-5-6-8-11/h5-6,11H,7-10H2,1-4H3,(H2,14,15,16). The zero-order valence-corrected chi connectivity index (χ0v) is 13.0. The Balaban J connectivity index is 2.38. The number of nitrogens with zero attached hydrogens (tertiary/aromatic N) is 1. The van der Waals surface area contributed by atoms with E-state index in [0.717, 1.165) is 12.8 Å². The number of hydrogen-bond acceptors (Lipinski definition) is 3. The fraction of sp³-hybridized carbons (Fsp3) is 0.769. The number of sulfone groups is 1. The molecule has 2 N–H and O–H groups in total. The summed E-state index contributed by atoms with van der Waals surface area (Å²) in [5.41, 5.74) is 0. The minimum absolute atomic E-state index is 0.111. The van der Waals surface area contributed by atoms with Crippen LogP contribution in [0.2, 0.25) is 0 Å². The number of rotatable bonds is 4. The van der Waals surface area contributed by atoms with Crippen molar-refractivity contribution < 1.29 is 8.42 Å². The highest BCUT2D eigenvalue weighted by molar-refractivity contribution is 7.92. The zero-order valence-electron chi connectivity index (χ0n) is 12.2. The molecule has 0 spiro atoms. The minimum Gasteiger partial charge on any atom is -0.355 e. The van der Waals surface area contributed by atoms with Crippen molar-refractivity contribution in [1.82, 2.24) is 10.6 Å². The van der Waals surface area contributed by atoms with Crippen LogP contribution in [0.4, 0.5) is 0 Å². The van der Waals surface area contributed by atoms with E-state index in [4.69, 9.17) is 0 Å². The molecule has 0 aliphatic heterocycles. The van der Waals surface area contributed by atoms with E-state index in [2.05, 4.69) is 27.8 Å². The highest BCUT2D eigenvalue weighted by Gasteiger charge is 2.28. The van der Waals surface area contributed by atoms with Gasteiger partial charge < -0.3 is 10.6 Å². The zero-order chi connectivity index (χ0) is 14.5. The second kappa shape index (κ2) is 6.41. The molecule has 0 aromatic carbocycles. The second-order valence-corrected chi connectivity index (χ2v) is 8.58. The molecule has 0 saturated carbocycles. The predicted octanol–water partition coefficient (Wildman–Crippen LogP) is 1.08. The molecule has 0 saturated heterocycles. The Morgan fingerprint density at radius 2 is 1.89 bits per heavy atom. The molecule has 0 atom stereocenters. The first-order valence-corrected chi connectivity index (χ1v) is 8.26. The maximum absolute atomic E-state index is 12.0. The average Bonchev–Trinajstić information content (AvgIpc) is 2.78. The minimum atomic E-state index is -3.09. The lowest BCUT2D eigenvalue weighted by Gasteiger charge is -2.20. The van der Waals surface area contributed by atoms with Gasteiger partial charge in [0.05, 0.1) is 10.5 Å². The maximum atomic E-state index is 12.0. The lowest BCUT2D eigenvalue weighted by molar-refractivity contribution is 0.558. The Kier molecular flexibility index (Phi) is 5.40. The molecule has 0 radical (unpaired) electrons. The van der Waals surface area contributed by atoms with E-state index in [-0.39, 0.29) is 5.75 Å². The molecular weight excluding hydrogens is 262 g/mol. The number of nitrogens with one attached hydrogen (secondary N) is 2. The molecule has 1 rings (SSSR count). The van der Waals surface area contributed by atoms with Gasteiger partial charge in [-0.15, -0.1) is 0 Å². The van der Waals surface area contributed by atoms with Gasteiger partial charge in [-0.05, 0) is 33.6 Å². The van der Waals surface area contributed by atoms with Crippen LogP contribution in [0.1, 0.15) is 33.6 Å². The van der Waals surface area contributed by atoms with Crippen LogP contribution in [0.15, 0.2) is 17.1 Å². The lowest BCUT2D eigenvalue weighted by atomic mass is 10.2. The SMILES string of the molecule is CN=C(NCCS(=O)(=O)C(C)(C)C)NC1CC=CC1. The quantitative estimate of drug-likeness (QED) is 0.461. The molecule has 5 nitrogen and oxygen atoms in total. The van der Waals surface area contributed by atoms with Gasteiger partial charge in [-0.3, -0.25) is 4.99 Å². The van der Waals surface area contributed by atoms with Crippen LogP contribution in [-0.4, -0.2) is 44.5 Å². The molecule has 110 valence electrons. The third-order valence-electron chi connectivity index (χ3n) is 3.17. The van der Waals surface area contributed by atoms with Crippen molar-refractivity contribution >= 4 is 15.8 Å². The summed E-state index contributed by atoms with van der Waals surface area (Å²) in [7, 11) is -1.40. The third-order valence-corrected chi connectivity index (χ3v) is 5.78. The van der Waals surface area contributed by atoms with E-state index in [1.54, 1.807) is 27.8 Å². The van der Waals surface area contributed by atoms with Gasteiger partial charge in [-0.2, -0.15) is 0 Å². The van der Waals surface area contributed by atoms with Crippen molar-refractivity contribution in [3.05, 3.63) is 12.2 Å². The Labute approximate surface area is 116 Å². The highest BCUT2D eigenvalue weighted by atomic mass is 32.2. The molecule has 0 bridgehead atoms. The number of aliphatic imine (C=N–C) groups is 1. The number of hydrogen-bond donors (Lipinski definition) is 2. The van der Waals surface area contributed by atoms with Crippen molar-refractivity contribution in [3.63, 3.8) is 0 Å². The highest BCUT2D eigenvalue weighted by Crippen LogP contribution is 2.15. The first kappa shape index (κ1) is 16.0. The topological polar surface area (TPSA) is 70.6 Å². The van der Waals surface area contributed by atoms with Gasteiger partial charge in [0.1, 0.15) is 0 Å². The fourth-order valence-corrected chi connectivity index (χ4v) is 2.72. The molecule has 6 heteroatoms. The second-order valence-electron chi connectivity index (χ2n) is 5.71. The van der Waals surface area contributed by atoms with E-state index >= 15 is 0 Å². The van der Waals surface area contributed by atoms with Crippen LogP contribution in [0, 0.1) is 0 Å². The van der Waals surface area contributed by atoms with E-state index in [9.17, 15) is 8.42 Å². The monoisotopic (exact) mass is 287 g/mol. The summed E-state index contributed by atoms with van der Waals surface area (Å²) in [4.78, 5) is 4.11. The van der Waals surface area contributed by atoms with Crippen molar-refractivity contribution in [1.29, 1.82) is 0 Å².